The van der Waals surface area contributed by atoms with Crippen molar-refractivity contribution in [2.24, 2.45) is 4.99 Å². The number of thioether (sulfide) groups is 1. The smallest absolute Gasteiger partial charge is 0.338 e. The summed E-state index contributed by atoms with van der Waals surface area (Å²) in [5.41, 5.74) is 3.34. The van der Waals surface area contributed by atoms with E-state index in [9.17, 15) is 14.0 Å². The van der Waals surface area contributed by atoms with Gasteiger partial charge in [0.1, 0.15) is 5.82 Å². The second kappa shape index (κ2) is 9.40. The number of nitrogens with zero attached hydrogens (tertiary/aromatic N) is 2. The molecule has 0 unspecified atom stereocenters. The molecule has 0 bridgehead atoms. The Morgan fingerprint density at radius 2 is 1.97 bits per heavy atom. The van der Waals surface area contributed by atoms with Crippen molar-refractivity contribution in [2.45, 2.75) is 25.9 Å². The maximum atomic E-state index is 13.4. The Balaban J connectivity index is 1.57. The maximum Gasteiger partial charge on any atom is 0.338 e. The van der Waals surface area contributed by atoms with Crippen LogP contribution in [-0.2, 0) is 20.9 Å². The monoisotopic (exact) mass is 451 g/mol. The molecule has 1 atom stereocenters. The normalized spacial score (nSPS) is 17.5. The summed E-state index contributed by atoms with van der Waals surface area (Å²) in [6.07, 6.45) is 0.0954. The second-order valence-corrected chi connectivity index (χ2v) is 8.22. The molecular weight excluding hydrogens is 429 g/mol. The summed E-state index contributed by atoms with van der Waals surface area (Å²) in [4.78, 5) is 31.8. The molecule has 0 saturated carbocycles. The number of esters is 1. The lowest BCUT2D eigenvalue weighted by atomic mass is 9.94. The molecule has 6 nitrogen and oxygen atoms in total. The minimum absolute atomic E-state index is 0.0954. The van der Waals surface area contributed by atoms with Crippen LogP contribution in [0.4, 0.5) is 4.39 Å². The van der Waals surface area contributed by atoms with Crippen LogP contribution in [0, 0.1) is 5.82 Å². The zero-order valence-electron chi connectivity index (χ0n) is 17.7. The number of allylic oxidation sites excluding steroid dienone is 1. The lowest BCUT2D eigenvalue weighted by molar-refractivity contribution is -0.136. The molecule has 0 fully saturated rings. The molecule has 0 saturated heterocycles. The van der Waals surface area contributed by atoms with Gasteiger partial charge in [-0.05, 0) is 35.6 Å². The Morgan fingerprint density at radius 1 is 1.19 bits per heavy atom. The maximum absolute atomic E-state index is 13.4. The van der Waals surface area contributed by atoms with Gasteiger partial charge in [0.05, 0.1) is 30.8 Å². The number of hydrogen-bond acceptors (Lipinski definition) is 6. The predicted octanol–water partition coefficient (Wildman–Crippen LogP) is 4.28. The van der Waals surface area contributed by atoms with E-state index in [1.807, 2.05) is 40.6 Å². The molecule has 8 heteroatoms. The first-order valence-electron chi connectivity index (χ1n) is 10.1. The van der Waals surface area contributed by atoms with Crippen molar-refractivity contribution in [3.05, 3.63) is 93.9 Å². The molecule has 2 aromatic carbocycles. The Hall–Kier alpha value is -3.39. The summed E-state index contributed by atoms with van der Waals surface area (Å²) in [5.74, 6) is -1.00. The number of rotatable bonds is 6. The van der Waals surface area contributed by atoms with E-state index in [1.165, 1.54) is 31.0 Å². The second-order valence-electron chi connectivity index (χ2n) is 7.38. The van der Waals surface area contributed by atoms with Crippen LogP contribution in [0.25, 0.3) is 0 Å². The molecule has 1 amide bonds. The molecule has 0 radical (unpaired) electrons. The minimum Gasteiger partial charge on any atom is -0.466 e. The van der Waals surface area contributed by atoms with Crippen LogP contribution in [0.3, 0.4) is 0 Å². The van der Waals surface area contributed by atoms with Crippen molar-refractivity contribution in [1.82, 2.24) is 10.2 Å². The predicted molar refractivity (Wildman–Crippen MR) is 122 cm³/mol. The lowest BCUT2D eigenvalue weighted by Crippen LogP contribution is -2.37. The quantitative estimate of drug-likeness (QED) is 0.664. The number of ether oxygens (including phenoxy) is 1. The summed E-state index contributed by atoms with van der Waals surface area (Å²) in [6, 6.07) is 15.3. The zero-order valence-corrected chi connectivity index (χ0v) is 18.5. The SMILES string of the molecule is COC(=O)C1=C(C)N=C2SC=C(CC(=O)NCc3cccc(F)c3)N2[C@@H]1c1ccccc1. The van der Waals surface area contributed by atoms with E-state index < -0.39 is 12.0 Å². The third-order valence-corrected chi connectivity index (χ3v) is 6.13. The molecule has 32 heavy (non-hydrogen) atoms. The fraction of sp³-hybridized carbons (Fsp3) is 0.208. The number of halogens is 1. The average Bonchev–Trinajstić information content (AvgIpc) is 3.18. The van der Waals surface area contributed by atoms with Gasteiger partial charge in [0.15, 0.2) is 5.17 Å². The number of hydrogen-bond donors (Lipinski definition) is 1. The summed E-state index contributed by atoms with van der Waals surface area (Å²) >= 11 is 1.41. The van der Waals surface area contributed by atoms with E-state index >= 15 is 0 Å². The Labute approximate surface area is 189 Å². The van der Waals surface area contributed by atoms with Gasteiger partial charge in [0, 0.05) is 12.2 Å². The summed E-state index contributed by atoms with van der Waals surface area (Å²) in [6.45, 7) is 2.02. The lowest BCUT2D eigenvalue weighted by Gasteiger charge is -2.36. The van der Waals surface area contributed by atoms with Gasteiger partial charge in [-0.2, -0.15) is 0 Å². The number of methoxy groups -OCH3 is 1. The van der Waals surface area contributed by atoms with Crippen molar-refractivity contribution in [1.29, 1.82) is 0 Å². The number of amidine groups is 1. The molecule has 2 aliphatic rings. The van der Waals surface area contributed by atoms with Gasteiger partial charge < -0.3 is 15.0 Å². The molecule has 2 heterocycles. The van der Waals surface area contributed by atoms with Crippen molar-refractivity contribution in [3.63, 3.8) is 0 Å². The summed E-state index contributed by atoms with van der Waals surface area (Å²) in [5, 5.41) is 5.42. The number of carbonyl (C=O) groups excluding carboxylic acids is 2. The van der Waals surface area contributed by atoms with Gasteiger partial charge in [-0.15, -0.1) is 0 Å². The van der Waals surface area contributed by atoms with Crippen molar-refractivity contribution in [3.8, 4) is 0 Å². The summed E-state index contributed by atoms with van der Waals surface area (Å²) < 4.78 is 18.4. The van der Waals surface area contributed by atoms with Crippen LogP contribution < -0.4 is 5.32 Å². The van der Waals surface area contributed by atoms with E-state index in [0.717, 1.165) is 11.3 Å². The first kappa shape index (κ1) is 21.8. The molecule has 1 N–H and O–H groups in total. The standard InChI is InChI=1S/C24H22FN3O3S/c1-15-21(23(30)31-2)22(17-8-4-3-5-9-17)28-19(14-32-24(28)27-15)12-20(29)26-13-16-7-6-10-18(25)11-16/h3-11,14,22H,12-13H2,1-2H3,(H,26,29)/t22-/m1/s1. The number of carbonyl (C=O) groups is 2. The topological polar surface area (TPSA) is 71.0 Å². The molecule has 0 aliphatic carbocycles. The molecule has 164 valence electrons. The highest BCUT2D eigenvalue weighted by Crippen LogP contribution is 2.44. The molecule has 2 aliphatic heterocycles. The highest BCUT2D eigenvalue weighted by Gasteiger charge is 2.40. The first-order chi connectivity index (χ1) is 15.5. The number of benzene rings is 2. The highest BCUT2D eigenvalue weighted by molar-refractivity contribution is 8.16. The number of aliphatic imine (C=N–C) groups is 1. The van der Waals surface area contributed by atoms with Gasteiger partial charge in [0.2, 0.25) is 5.91 Å². The number of fused-ring (bicyclic) bond motifs is 1. The molecule has 4 rings (SSSR count). The fourth-order valence-electron chi connectivity index (χ4n) is 3.77. The van der Waals surface area contributed by atoms with Crippen molar-refractivity contribution in [2.75, 3.05) is 7.11 Å². The molecular formula is C24H22FN3O3S. The van der Waals surface area contributed by atoms with Crippen molar-refractivity contribution < 1.29 is 18.7 Å². The average molecular weight is 452 g/mol. The van der Waals surface area contributed by atoms with Crippen LogP contribution >= 0.6 is 11.8 Å². The van der Waals surface area contributed by atoms with Gasteiger partial charge in [-0.3, -0.25) is 4.79 Å². The van der Waals surface area contributed by atoms with Gasteiger partial charge in [-0.25, -0.2) is 14.2 Å². The van der Waals surface area contributed by atoms with Crippen LogP contribution in [0.5, 0.6) is 0 Å². The van der Waals surface area contributed by atoms with E-state index in [1.54, 1.807) is 19.1 Å². The van der Waals surface area contributed by atoms with Gasteiger partial charge in [-0.1, -0.05) is 54.2 Å². The first-order valence-corrected chi connectivity index (χ1v) is 10.9. The molecule has 0 spiro atoms. The van der Waals surface area contributed by atoms with Crippen LogP contribution in [0.2, 0.25) is 0 Å². The molecule has 2 aromatic rings. The summed E-state index contributed by atoms with van der Waals surface area (Å²) in [7, 11) is 1.35. The van der Waals surface area contributed by atoms with E-state index in [0.29, 0.717) is 22.0 Å². The largest absolute Gasteiger partial charge is 0.466 e. The number of nitrogens with one attached hydrogen (secondary N) is 1. The van der Waals surface area contributed by atoms with E-state index in [2.05, 4.69) is 10.3 Å². The van der Waals surface area contributed by atoms with Gasteiger partial charge >= 0.3 is 5.97 Å². The van der Waals surface area contributed by atoms with E-state index in [-0.39, 0.29) is 24.7 Å². The van der Waals surface area contributed by atoms with Gasteiger partial charge in [0.25, 0.3) is 0 Å². The van der Waals surface area contributed by atoms with Crippen LogP contribution in [0.1, 0.15) is 30.5 Å². The number of amides is 1. The Morgan fingerprint density at radius 3 is 2.69 bits per heavy atom. The Bertz CT molecular complexity index is 1140. The van der Waals surface area contributed by atoms with Crippen LogP contribution in [-0.4, -0.2) is 29.1 Å². The van der Waals surface area contributed by atoms with Crippen molar-refractivity contribution >= 4 is 28.8 Å². The highest BCUT2D eigenvalue weighted by atomic mass is 32.2. The molecule has 0 aromatic heterocycles. The zero-order chi connectivity index (χ0) is 22.7. The Kier molecular flexibility index (Phi) is 6.41. The third-order valence-electron chi connectivity index (χ3n) is 5.24. The minimum atomic E-state index is -0.453. The fourth-order valence-corrected chi connectivity index (χ4v) is 4.73. The third kappa shape index (κ3) is 4.45. The van der Waals surface area contributed by atoms with E-state index in [4.69, 9.17) is 4.74 Å². The van der Waals surface area contributed by atoms with Crippen LogP contribution in [0.15, 0.2) is 82.0 Å².